The van der Waals surface area contributed by atoms with Crippen LogP contribution in [0.2, 0.25) is 0 Å². The largest absolute Gasteiger partial charge is 0.425 e. The number of aliphatic imine (C=N–C) groups is 1. The molecule has 0 radical (unpaired) electrons. The molecule has 1 aromatic rings. The van der Waals surface area contributed by atoms with E-state index in [4.69, 9.17) is 4.99 Å². The molecule has 2 saturated carbocycles. The van der Waals surface area contributed by atoms with Gasteiger partial charge < -0.3 is 5.32 Å². The first kappa shape index (κ1) is 21.5. The number of carbonyl (C=O) groups is 1. The summed E-state index contributed by atoms with van der Waals surface area (Å²) >= 11 is 0.657. The third kappa shape index (κ3) is 4.20. The van der Waals surface area contributed by atoms with Crippen LogP contribution in [0, 0.1) is 0 Å². The predicted molar refractivity (Wildman–Crippen MR) is 113 cm³/mol. The van der Waals surface area contributed by atoms with E-state index in [-0.39, 0.29) is 22.8 Å². The van der Waals surface area contributed by atoms with E-state index in [1.807, 2.05) is 0 Å². The van der Waals surface area contributed by atoms with Crippen molar-refractivity contribution >= 4 is 23.0 Å². The van der Waals surface area contributed by atoms with Crippen LogP contribution < -0.4 is 5.32 Å². The average molecular weight is 440 g/mol. The summed E-state index contributed by atoms with van der Waals surface area (Å²) in [6, 6.07) is 6.88. The lowest BCUT2D eigenvalue weighted by molar-refractivity contribution is -0.168. The second-order valence-corrected chi connectivity index (χ2v) is 9.62. The molecule has 1 heterocycles. The maximum Gasteiger partial charge on any atom is 0.425 e. The highest BCUT2D eigenvalue weighted by molar-refractivity contribution is 8.14. The van der Waals surface area contributed by atoms with Crippen molar-refractivity contribution in [1.29, 1.82) is 0 Å². The molecule has 4 nitrogen and oxygen atoms in total. The summed E-state index contributed by atoms with van der Waals surface area (Å²) in [6.07, 6.45) is 4.96. The summed E-state index contributed by atoms with van der Waals surface area (Å²) in [6.45, 7) is 0. The Labute approximate surface area is 179 Å². The molecule has 30 heavy (non-hydrogen) atoms. The molecule has 1 atom stereocenters. The molecule has 2 amide bonds. The molecule has 0 aromatic heterocycles. The number of amides is 2. The van der Waals surface area contributed by atoms with Crippen molar-refractivity contribution in [3.8, 4) is 0 Å². The molecule has 164 valence electrons. The summed E-state index contributed by atoms with van der Waals surface area (Å²) in [7, 11) is 0. The van der Waals surface area contributed by atoms with Gasteiger partial charge in [0.2, 0.25) is 4.87 Å². The Morgan fingerprint density at radius 3 is 2.17 bits per heavy atom. The van der Waals surface area contributed by atoms with E-state index in [9.17, 15) is 18.0 Å². The van der Waals surface area contributed by atoms with Crippen molar-refractivity contribution in [2.45, 2.75) is 87.3 Å². The van der Waals surface area contributed by atoms with Gasteiger partial charge in [-0.05, 0) is 43.0 Å². The van der Waals surface area contributed by atoms with Gasteiger partial charge in [0.15, 0.2) is 5.17 Å². The Morgan fingerprint density at radius 2 is 1.57 bits per heavy atom. The van der Waals surface area contributed by atoms with Gasteiger partial charge in [0.1, 0.15) is 0 Å². The first-order valence-electron chi connectivity index (χ1n) is 10.9. The number of amidine groups is 1. The molecular weight excluding hydrogens is 411 g/mol. The van der Waals surface area contributed by atoms with Gasteiger partial charge in [-0.1, -0.05) is 68.9 Å². The Balaban J connectivity index is 1.75. The number of hydrogen-bond donors (Lipinski definition) is 1. The SMILES string of the molecule is O=C1NC(c2ccccc2)(C(F)(F)F)SC(=NC2CCCCC2)N1C1CCCCC1. The lowest BCUT2D eigenvalue weighted by atomic mass is 9.94. The zero-order valence-electron chi connectivity index (χ0n) is 17.0. The third-order valence-electron chi connectivity index (χ3n) is 6.34. The van der Waals surface area contributed by atoms with Crippen LogP contribution in [0.4, 0.5) is 18.0 Å². The standard InChI is InChI=1S/C22H28F3N3OS/c23-22(24,25)21(16-10-4-1-5-11-16)27-19(29)28(18-14-8-3-9-15-18)20(30-21)26-17-12-6-2-7-13-17/h1,4-5,10-11,17-18H,2-3,6-9,12-15H2,(H,27,29). The van der Waals surface area contributed by atoms with Crippen LogP contribution in [-0.2, 0) is 4.87 Å². The van der Waals surface area contributed by atoms with Crippen LogP contribution in [0.25, 0.3) is 0 Å². The number of hydrogen-bond acceptors (Lipinski definition) is 3. The zero-order chi connectivity index (χ0) is 21.2. The Kier molecular flexibility index (Phi) is 6.32. The minimum atomic E-state index is -4.67. The molecule has 2 aliphatic carbocycles. The number of thioether (sulfide) groups is 1. The average Bonchev–Trinajstić information content (AvgIpc) is 2.74. The Hall–Kier alpha value is -1.70. The number of benzene rings is 1. The highest BCUT2D eigenvalue weighted by atomic mass is 32.2. The number of nitrogens with one attached hydrogen (secondary N) is 1. The molecule has 3 aliphatic rings. The molecule has 1 saturated heterocycles. The zero-order valence-corrected chi connectivity index (χ0v) is 17.8. The van der Waals surface area contributed by atoms with E-state index in [1.165, 1.54) is 17.0 Å². The quantitative estimate of drug-likeness (QED) is 0.611. The second-order valence-electron chi connectivity index (χ2n) is 8.44. The van der Waals surface area contributed by atoms with E-state index < -0.39 is 17.1 Å². The van der Waals surface area contributed by atoms with Crippen LogP contribution in [0.5, 0.6) is 0 Å². The van der Waals surface area contributed by atoms with Crippen molar-refractivity contribution in [2.24, 2.45) is 4.99 Å². The van der Waals surface area contributed by atoms with Crippen LogP contribution >= 0.6 is 11.8 Å². The molecule has 4 rings (SSSR count). The van der Waals surface area contributed by atoms with Gasteiger partial charge in [0, 0.05) is 6.04 Å². The molecule has 3 fully saturated rings. The van der Waals surface area contributed by atoms with Gasteiger partial charge in [0.25, 0.3) is 0 Å². The molecule has 1 N–H and O–H groups in total. The van der Waals surface area contributed by atoms with E-state index in [0.717, 1.165) is 64.2 Å². The summed E-state index contributed by atoms with van der Waals surface area (Å²) in [5, 5.41) is 2.58. The van der Waals surface area contributed by atoms with Crippen molar-refractivity contribution in [1.82, 2.24) is 10.2 Å². The molecule has 0 bridgehead atoms. The molecule has 1 aromatic carbocycles. The smallest absolute Gasteiger partial charge is 0.311 e. The van der Waals surface area contributed by atoms with Gasteiger partial charge >= 0.3 is 12.2 Å². The van der Waals surface area contributed by atoms with Crippen molar-refractivity contribution < 1.29 is 18.0 Å². The highest BCUT2D eigenvalue weighted by Crippen LogP contribution is 2.51. The molecule has 1 unspecified atom stereocenters. The van der Waals surface area contributed by atoms with E-state index in [0.29, 0.717) is 11.8 Å². The number of carbonyl (C=O) groups excluding carboxylic acids is 1. The normalized spacial score (nSPS) is 28.6. The molecule has 8 heteroatoms. The first-order chi connectivity index (χ1) is 14.4. The maximum atomic E-state index is 14.5. The third-order valence-corrected chi connectivity index (χ3v) is 7.70. The Morgan fingerprint density at radius 1 is 0.967 bits per heavy atom. The van der Waals surface area contributed by atoms with E-state index >= 15 is 0 Å². The number of urea groups is 1. The lowest BCUT2D eigenvalue weighted by Crippen LogP contribution is -2.65. The topological polar surface area (TPSA) is 44.7 Å². The number of halogens is 3. The van der Waals surface area contributed by atoms with Gasteiger partial charge in [-0.3, -0.25) is 9.89 Å². The minimum Gasteiger partial charge on any atom is -0.311 e. The van der Waals surface area contributed by atoms with Crippen molar-refractivity contribution in [3.63, 3.8) is 0 Å². The van der Waals surface area contributed by atoms with Gasteiger partial charge in [-0.2, -0.15) is 13.2 Å². The van der Waals surface area contributed by atoms with Gasteiger partial charge in [-0.15, -0.1) is 0 Å². The van der Waals surface area contributed by atoms with Gasteiger partial charge in [0.05, 0.1) is 6.04 Å². The summed E-state index contributed by atoms with van der Waals surface area (Å²) in [5.41, 5.74) is 0.0236. The molecule has 0 spiro atoms. The Bertz CT molecular complexity index is 774. The fourth-order valence-corrected chi connectivity index (χ4v) is 6.04. The molecule has 1 aliphatic heterocycles. The highest BCUT2D eigenvalue weighted by Gasteiger charge is 2.62. The summed E-state index contributed by atoms with van der Waals surface area (Å²) in [5.74, 6) is 0. The van der Waals surface area contributed by atoms with E-state index in [1.54, 1.807) is 18.2 Å². The predicted octanol–water partition coefficient (Wildman–Crippen LogP) is 6.18. The lowest BCUT2D eigenvalue weighted by Gasteiger charge is -2.46. The monoisotopic (exact) mass is 439 g/mol. The fraction of sp³-hybridized carbons (Fsp3) is 0.636. The van der Waals surface area contributed by atoms with Crippen LogP contribution in [0.3, 0.4) is 0 Å². The molecular formula is C22H28F3N3OS. The van der Waals surface area contributed by atoms with Crippen LogP contribution in [0.1, 0.15) is 69.8 Å². The van der Waals surface area contributed by atoms with Crippen LogP contribution in [0.15, 0.2) is 35.3 Å². The summed E-state index contributed by atoms with van der Waals surface area (Å²) < 4.78 is 43.4. The van der Waals surface area contributed by atoms with Gasteiger partial charge in [-0.25, -0.2) is 4.79 Å². The van der Waals surface area contributed by atoms with Crippen molar-refractivity contribution in [3.05, 3.63) is 35.9 Å². The summed E-state index contributed by atoms with van der Waals surface area (Å²) in [4.78, 5) is 17.0. The number of nitrogens with zero attached hydrogens (tertiary/aromatic N) is 2. The van der Waals surface area contributed by atoms with E-state index in [2.05, 4.69) is 5.32 Å². The first-order valence-corrected chi connectivity index (χ1v) is 11.7. The fourth-order valence-electron chi connectivity index (χ4n) is 4.72. The number of rotatable bonds is 3. The second kappa shape index (κ2) is 8.81. The van der Waals surface area contributed by atoms with Crippen LogP contribution in [-0.4, -0.2) is 34.4 Å². The number of alkyl halides is 3. The maximum absolute atomic E-state index is 14.5. The minimum absolute atomic E-state index is 0.0139. The van der Waals surface area contributed by atoms with Crippen molar-refractivity contribution in [2.75, 3.05) is 0 Å².